The quantitative estimate of drug-likeness (QED) is 0.506. The van der Waals surface area contributed by atoms with Crippen LogP contribution in [0.1, 0.15) is 41.5 Å². The van der Waals surface area contributed by atoms with Crippen molar-refractivity contribution in [3.63, 3.8) is 0 Å². The van der Waals surface area contributed by atoms with Crippen molar-refractivity contribution in [2.45, 2.75) is 65.5 Å². The van der Waals surface area contributed by atoms with E-state index in [2.05, 4.69) is 6.92 Å². The lowest BCUT2D eigenvalue weighted by molar-refractivity contribution is -0.192. The third kappa shape index (κ3) is 7.44. The van der Waals surface area contributed by atoms with Gasteiger partial charge in [0, 0.05) is 13.0 Å². The molecular formula is C21H34O5. The van der Waals surface area contributed by atoms with Gasteiger partial charge in [-0.25, -0.2) is 4.79 Å². The molecule has 0 radical (unpaired) electrons. The monoisotopic (exact) mass is 366 g/mol. The van der Waals surface area contributed by atoms with Crippen LogP contribution in [0.5, 0.6) is 0 Å². The number of hydrogen-bond acceptors (Lipinski definition) is 5. The molecule has 0 unspecified atom stereocenters. The number of methoxy groups -OCH3 is 1. The number of carbonyl (C=O) groups excluding carboxylic acids is 1. The summed E-state index contributed by atoms with van der Waals surface area (Å²) in [6, 6.07) is 0. The molecule has 0 aliphatic carbocycles. The first-order valence-corrected chi connectivity index (χ1v) is 9.13. The molecule has 1 aliphatic heterocycles. The lowest BCUT2D eigenvalue weighted by Gasteiger charge is -2.41. The SMILES string of the molecule is CC=CC=CC=C(C)[C@@H]1OC[C@H](C)[C@H](OC)[C@H]1OCC(=O)OC(C)(C)C. The Labute approximate surface area is 158 Å². The maximum atomic E-state index is 12.0. The molecule has 4 atom stereocenters. The van der Waals surface area contributed by atoms with Gasteiger partial charge in [-0.2, -0.15) is 0 Å². The summed E-state index contributed by atoms with van der Waals surface area (Å²) in [5.41, 5.74) is 0.485. The van der Waals surface area contributed by atoms with Crippen molar-refractivity contribution in [1.29, 1.82) is 0 Å². The lowest BCUT2D eigenvalue weighted by atomic mass is 9.90. The summed E-state index contributed by atoms with van der Waals surface area (Å²) in [5.74, 6) is -0.217. The Kier molecular flexibility index (Phi) is 9.27. The molecule has 5 heteroatoms. The first-order chi connectivity index (χ1) is 12.2. The smallest absolute Gasteiger partial charge is 0.332 e. The molecule has 0 spiro atoms. The van der Waals surface area contributed by atoms with Gasteiger partial charge in [0.15, 0.2) is 0 Å². The lowest BCUT2D eigenvalue weighted by Crippen LogP contribution is -2.52. The Bertz CT molecular complexity index is 527. The molecule has 1 aliphatic rings. The van der Waals surface area contributed by atoms with Gasteiger partial charge in [0.1, 0.15) is 24.4 Å². The van der Waals surface area contributed by atoms with E-state index in [0.717, 1.165) is 5.57 Å². The minimum absolute atomic E-state index is 0.129. The molecule has 0 aromatic carbocycles. The van der Waals surface area contributed by atoms with Crippen molar-refractivity contribution in [2.75, 3.05) is 20.3 Å². The van der Waals surface area contributed by atoms with Crippen LogP contribution in [0.2, 0.25) is 0 Å². The summed E-state index contributed by atoms with van der Waals surface area (Å²) in [6.45, 7) is 12.0. The second-order valence-electron chi connectivity index (χ2n) is 7.61. The zero-order chi connectivity index (χ0) is 19.7. The molecule has 1 saturated heterocycles. The van der Waals surface area contributed by atoms with Crippen molar-refractivity contribution in [1.82, 2.24) is 0 Å². The minimum Gasteiger partial charge on any atom is -0.458 e. The highest BCUT2D eigenvalue weighted by atomic mass is 16.6. The van der Waals surface area contributed by atoms with Crippen LogP contribution < -0.4 is 0 Å². The van der Waals surface area contributed by atoms with Crippen LogP contribution in [0.3, 0.4) is 0 Å². The van der Waals surface area contributed by atoms with Crippen LogP contribution in [0, 0.1) is 5.92 Å². The van der Waals surface area contributed by atoms with Crippen molar-refractivity contribution < 1.29 is 23.7 Å². The molecule has 26 heavy (non-hydrogen) atoms. The first kappa shape index (κ1) is 22.6. The minimum atomic E-state index is -0.537. The number of allylic oxidation sites excluding steroid dienone is 5. The fraction of sp³-hybridized carbons (Fsp3) is 0.667. The van der Waals surface area contributed by atoms with Gasteiger partial charge in [0.2, 0.25) is 0 Å². The van der Waals surface area contributed by atoms with Crippen LogP contribution in [0.15, 0.2) is 36.0 Å². The van der Waals surface area contributed by atoms with E-state index in [1.54, 1.807) is 7.11 Å². The van der Waals surface area contributed by atoms with Gasteiger partial charge in [-0.05, 0) is 40.2 Å². The van der Waals surface area contributed by atoms with Gasteiger partial charge in [-0.1, -0.05) is 37.3 Å². The average Bonchev–Trinajstić information content (AvgIpc) is 2.55. The Morgan fingerprint density at radius 1 is 1.19 bits per heavy atom. The number of rotatable bonds is 7. The van der Waals surface area contributed by atoms with E-state index in [1.807, 2.05) is 65.0 Å². The second kappa shape index (κ2) is 10.7. The number of esters is 1. The highest BCUT2D eigenvalue weighted by molar-refractivity contribution is 5.71. The standard InChI is InChI=1S/C21H34O5/c1-8-9-10-11-12-15(2)19-20(18(23-7)16(3)13-24-19)25-14-17(22)26-21(4,5)6/h8-12,16,18-20H,13-14H2,1-7H3/t16-,18-,19-,20+/m0/s1. The Hall–Kier alpha value is -1.43. The van der Waals surface area contributed by atoms with E-state index < -0.39 is 5.60 Å². The van der Waals surface area contributed by atoms with E-state index >= 15 is 0 Å². The highest BCUT2D eigenvalue weighted by Gasteiger charge is 2.40. The molecule has 1 fully saturated rings. The van der Waals surface area contributed by atoms with Crippen molar-refractivity contribution in [2.24, 2.45) is 5.92 Å². The molecule has 5 nitrogen and oxygen atoms in total. The predicted octanol–water partition coefficient (Wildman–Crippen LogP) is 3.84. The zero-order valence-corrected chi connectivity index (χ0v) is 17.2. The Morgan fingerprint density at radius 2 is 1.88 bits per heavy atom. The largest absolute Gasteiger partial charge is 0.458 e. The average molecular weight is 366 g/mol. The maximum absolute atomic E-state index is 12.0. The van der Waals surface area contributed by atoms with Crippen LogP contribution in [0.4, 0.5) is 0 Å². The van der Waals surface area contributed by atoms with Crippen LogP contribution in [-0.4, -0.2) is 50.2 Å². The fourth-order valence-corrected chi connectivity index (χ4v) is 2.89. The molecule has 0 N–H and O–H groups in total. The number of hydrogen-bond donors (Lipinski definition) is 0. The second-order valence-corrected chi connectivity index (χ2v) is 7.61. The molecule has 0 aromatic heterocycles. The summed E-state index contributed by atoms with van der Waals surface area (Å²) in [5, 5.41) is 0. The van der Waals surface area contributed by atoms with Crippen molar-refractivity contribution >= 4 is 5.97 Å². The zero-order valence-electron chi connectivity index (χ0n) is 17.2. The van der Waals surface area contributed by atoms with E-state index in [0.29, 0.717) is 6.61 Å². The normalized spacial score (nSPS) is 28.0. The first-order valence-electron chi connectivity index (χ1n) is 9.13. The fourth-order valence-electron chi connectivity index (χ4n) is 2.89. The molecule has 0 amide bonds. The van der Waals surface area contributed by atoms with Gasteiger partial charge in [0.25, 0.3) is 0 Å². The molecule has 0 saturated carbocycles. The van der Waals surface area contributed by atoms with Crippen LogP contribution in [0.25, 0.3) is 0 Å². The van der Waals surface area contributed by atoms with Gasteiger partial charge in [0.05, 0.1) is 12.7 Å². The highest BCUT2D eigenvalue weighted by Crippen LogP contribution is 2.29. The third-order valence-corrected chi connectivity index (χ3v) is 4.03. The van der Waals surface area contributed by atoms with Crippen LogP contribution in [-0.2, 0) is 23.7 Å². The summed E-state index contributed by atoms with van der Waals surface area (Å²) >= 11 is 0. The summed E-state index contributed by atoms with van der Waals surface area (Å²) < 4.78 is 22.9. The molecule has 0 aromatic rings. The van der Waals surface area contributed by atoms with Crippen molar-refractivity contribution in [3.8, 4) is 0 Å². The molecular weight excluding hydrogens is 332 g/mol. The van der Waals surface area contributed by atoms with E-state index in [9.17, 15) is 4.79 Å². The molecule has 0 bridgehead atoms. The summed E-state index contributed by atoms with van der Waals surface area (Å²) in [6.07, 6.45) is 9.05. The van der Waals surface area contributed by atoms with Gasteiger partial charge in [-0.15, -0.1) is 0 Å². The predicted molar refractivity (Wildman–Crippen MR) is 103 cm³/mol. The number of ether oxygens (including phenoxy) is 4. The van der Waals surface area contributed by atoms with Crippen LogP contribution >= 0.6 is 0 Å². The molecule has 1 rings (SSSR count). The van der Waals surface area contributed by atoms with Gasteiger partial charge < -0.3 is 18.9 Å². The maximum Gasteiger partial charge on any atom is 0.332 e. The molecule has 148 valence electrons. The van der Waals surface area contributed by atoms with Gasteiger partial charge in [-0.3, -0.25) is 0 Å². The van der Waals surface area contributed by atoms with E-state index in [-0.39, 0.29) is 36.8 Å². The number of carbonyl (C=O) groups is 1. The molecule has 1 heterocycles. The van der Waals surface area contributed by atoms with E-state index in [1.165, 1.54) is 0 Å². The Morgan fingerprint density at radius 3 is 2.46 bits per heavy atom. The summed E-state index contributed by atoms with van der Waals surface area (Å²) in [4.78, 5) is 12.0. The third-order valence-electron chi connectivity index (χ3n) is 4.03. The van der Waals surface area contributed by atoms with E-state index in [4.69, 9.17) is 18.9 Å². The topological polar surface area (TPSA) is 54.0 Å². The van der Waals surface area contributed by atoms with Crippen molar-refractivity contribution in [3.05, 3.63) is 36.0 Å². The van der Waals surface area contributed by atoms with Gasteiger partial charge >= 0.3 is 5.97 Å². The summed E-state index contributed by atoms with van der Waals surface area (Å²) in [7, 11) is 1.67. The Balaban J connectivity index is 2.87.